The zero-order chi connectivity index (χ0) is 15.0. The van der Waals surface area contributed by atoms with Crippen LogP contribution in [0.5, 0.6) is 0 Å². The average molecular weight is 285 g/mol. The van der Waals surface area contributed by atoms with Crippen LogP contribution in [0.15, 0.2) is 12.4 Å². The van der Waals surface area contributed by atoms with Crippen LogP contribution in [0.1, 0.15) is 54.0 Å². The highest BCUT2D eigenvalue weighted by atomic mass is 16.1. The zero-order valence-corrected chi connectivity index (χ0v) is 12.6. The Labute approximate surface area is 123 Å². The molecule has 3 rings (SSSR count). The molecule has 0 N–H and O–H groups in total. The van der Waals surface area contributed by atoms with Gasteiger partial charge in [0, 0.05) is 32.4 Å². The number of rotatable bonds is 4. The Morgan fingerprint density at radius 1 is 1.43 bits per heavy atom. The molecule has 1 aliphatic carbocycles. The SMILES string of the molecule is CC(=O)c1cnc2nc(C3CCC3)nn2c1/C=C/N(C)C. The van der Waals surface area contributed by atoms with Crippen molar-refractivity contribution in [2.45, 2.75) is 32.1 Å². The fraction of sp³-hybridized carbons (Fsp3) is 0.467. The molecule has 21 heavy (non-hydrogen) atoms. The van der Waals surface area contributed by atoms with Crippen LogP contribution in [0.4, 0.5) is 0 Å². The van der Waals surface area contributed by atoms with Crippen molar-refractivity contribution in [2.75, 3.05) is 14.1 Å². The smallest absolute Gasteiger partial charge is 0.252 e. The minimum atomic E-state index is -0.0245. The molecule has 2 heterocycles. The van der Waals surface area contributed by atoms with E-state index in [4.69, 9.17) is 0 Å². The summed E-state index contributed by atoms with van der Waals surface area (Å²) in [5, 5.41) is 4.58. The summed E-state index contributed by atoms with van der Waals surface area (Å²) in [4.78, 5) is 22.5. The summed E-state index contributed by atoms with van der Waals surface area (Å²) in [5.41, 5.74) is 1.30. The van der Waals surface area contributed by atoms with Gasteiger partial charge in [0.25, 0.3) is 5.78 Å². The minimum absolute atomic E-state index is 0.0245. The van der Waals surface area contributed by atoms with Crippen molar-refractivity contribution in [1.29, 1.82) is 0 Å². The van der Waals surface area contributed by atoms with Gasteiger partial charge in [-0.1, -0.05) is 6.42 Å². The molecule has 6 heteroatoms. The molecule has 0 aromatic carbocycles. The normalized spacial score (nSPS) is 15.6. The van der Waals surface area contributed by atoms with Gasteiger partial charge in [-0.25, -0.2) is 4.98 Å². The van der Waals surface area contributed by atoms with E-state index in [0.717, 1.165) is 24.4 Å². The summed E-state index contributed by atoms with van der Waals surface area (Å²) < 4.78 is 1.68. The second-order valence-electron chi connectivity index (χ2n) is 5.70. The van der Waals surface area contributed by atoms with E-state index in [1.54, 1.807) is 17.6 Å². The quantitative estimate of drug-likeness (QED) is 0.805. The molecular formula is C15H19N5O. The molecule has 1 fully saturated rings. The molecule has 2 aromatic heterocycles. The first kappa shape index (κ1) is 13.7. The Morgan fingerprint density at radius 3 is 2.76 bits per heavy atom. The third-order valence-electron chi connectivity index (χ3n) is 3.80. The van der Waals surface area contributed by atoms with E-state index in [1.807, 2.05) is 31.3 Å². The van der Waals surface area contributed by atoms with Gasteiger partial charge >= 0.3 is 0 Å². The third kappa shape index (κ3) is 2.53. The Morgan fingerprint density at radius 2 is 2.19 bits per heavy atom. The van der Waals surface area contributed by atoms with E-state index >= 15 is 0 Å². The molecular weight excluding hydrogens is 266 g/mol. The molecule has 0 bridgehead atoms. The number of carbonyl (C=O) groups excluding carboxylic acids is 1. The molecule has 0 unspecified atom stereocenters. The van der Waals surface area contributed by atoms with Crippen molar-refractivity contribution < 1.29 is 4.79 Å². The van der Waals surface area contributed by atoms with Gasteiger partial charge < -0.3 is 4.90 Å². The van der Waals surface area contributed by atoms with Gasteiger partial charge in [0.1, 0.15) is 0 Å². The average Bonchev–Trinajstić information content (AvgIpc) is 2.76. The maximum absolute atomic E-state index is 11.8. The van der Waals surface area contributed by atoms with Crippen molar-refractivity contribution in [3.63, 3.8) is 0 Å². The lowest BCUT2D eigenvalue weighted by molar-refractivity contribution is 0.101. The first-order valence-corrected chi connectivity index (χ1v) is 7.17. The summed E-state index contributed by atoms with van der Waals surface area (Å²) in [6.45, 7) is 1.54. The van der Waals surface area contributed by atoms with Crippen LogP contribution in [-0.2, 0) is 0 Å². The largest absolute Gasteiger partial charge is 0.383 e. The number of ketones is 1. The molecule has 1 aliphatic rings. The van der Waals surface area contributed by atoms with Crippen LogP contribution in [0.3, 0.4) is 0 Å². The predicted molar refractivity (Wildman–Crippen MR) is 80.1 cm³/mol. The first-order valence-electron chi connectivity index (χ1n) is 7.17. The van der Waals surface area contributed by atoms with Crippen LogP contribution in [0.25, 0.3) is 11.9 Å². The van der Waals surface area contributed by atoms with E-state index < -0.39 is 0 Å². The number of hydrogen-bond donors (Lipinski definition) is 0. The first-order chi connectivity index (χ1) is 10.1. The Hall–Kier alpha value is -2.24. The number of aromatic nitrogens is 4. The molecule has 0 radical (unpaired) electrons. The maximum atomic E-state index is 11.8. The number of carbonyl (C=O) groups is 1. The molecule has 0 saturated heterocycles. The monoisotopic (exact) mass is 285 g/mol. The molecule has 0 atom stereocenters. The van der Waals surface area contributed by atoms with Gasteiger partial charge in [0.05, 0.1) is 11.3 Å². The molecule has 0 amide bonds. The molecule has 6 nitrogen and oxygen atoms in total. The molecule has 110 valence electrons. The van der Waals surface area contributed by atoms with Gasteiger partial charge in [0.15, 0.2) is 11.6 Å². The standard InChI is InChI=1S/C15H19N5O/c1-10(21)12-9-16-15-17-14(11-5-4-6-11)18-20(15)13(12)7-8-19(2)3/h7-9,11H,4-6H2,1-3H3/b8-7+. The summed E-state index contributed by atoms with van der Waals surface area (Å²) >= 11 is 0. The topological polar surface area (TPSA) is 63.4 Å². The van der Waals surface area contributed by atoms with Gasteiger partial charge in [-0.3, -0.25) is 4.79 Å². The van der Waals surface area contributed by atoms with E-state index in [2.05, 4.69) is 15.1 Å². The minimum Gasteiger partial charge on any atom is -0.383 e. The van der Waals surface area contributed by atoms with Gasteiger partial charge in [-0.05, 0) is 25.8 Å². The Balaban J connectivity index is 2.14. The van der Waals surface area contributed by atoms with Crippen molar-refractivity contribution in [1.82, 2.24) is 24.5 Å². The van der Waals surface area contributed by atoms with Crippen molar-refractivity contribution in [2.24, 2.45) is 0 Å². The van der Waals surface area contributed by atoms with Gasteiger partial charge in [-0.15, -0.1) is 5.10 Å². The molecule has 2 aromatic rings. The maximum Gasteiger partial charge on any atom is 0.252 e. The number of hydrogen-bond acceptors (Lipinski definition) is 5. The molecule has 1 saturated carbocycles. The van der Waals surface area contributed by atoms with E-state index in [-0.39, 0.29) is 5.78 Å². The van der Waals surface area contributed by atoms with E-state index in [0.29, 0.717) is 17.3 Å². The number of fused-ring (bicyclic) bond motifs is 1. The zero-order valence-electron chi connectivity index (χ0n) is 12.6. The van der Waals surface area contributed by atoms with Crippen LogP contribution in [-0.4, -0.2) is 44.4 Å². The fourth-order valence-electron chi connectivity index (χ4n) is 2.36. The Bertz CT molecular complexity index is 712. The summed E-state index contributed by atoms with van der Waals surface area (Å²) in [7, 11) is 3.87. The molecule has 0 aliphatic heterocycles. The van der Waals surface area contributed by atoms with Gasteiger partial charge in [0.2, 0.25) is 0 Å². The van der Waals surface area contributed by atoms with Crippen LogP contribution >= 0.6 is 0 Å². The van der Waals surface area contributed by atoms with Crippen molar-refractivity contribution in [3.8, 4) is 0 Å². The number of Topliss-reactive ketones (excluding diaryl/α,β-unsaturated/α-hetero) is 1. The van der Waals surface area contributed by atoms with E-state index in [1.165, 1.54) is 6.42 Å². The van der Waals surface area contributed by atoms with Crippen LogP contribution in [0.2, 0.25) is 0 Å². The van der Waals surface area contributed by atoms with E-state index in [9.17, 15) is 4.79 Å². The highest BCUT2D eigenvalue weighted by Crippen LogP contribution is 2.34. The highest BCUT2D eigenvalue weighted by Gasteiger charge is 2.25. The fourth-order valence-corrected chi connectivity index (χ4v) is 2.36. The lowest BCUT2D eigenvalue weighted by Gasteiger charge is -2.21. The summed E-state index contributed by atoms with van der Waals surface area (Å²) in [6.07, 6.45) is 8.88. The highest BCUT2D eigenvalue weighted by molar-refractivity contribution is 5.97. The summed E-state index contributed by atoms with van der Waals surface area (Å²) in [6, 6.07) is 0. The lowest BCUT2D eigenvalue weighted by Crippen LogP contribution is -2.11. The molecule has 0 spiro atoms. The van der Waals surface area contributed by atoms with Crippen LogP contribution in [0, 0.1) is 0 Å². The second-order valence-corrected chi connectivity index (χ2v) is 5.70. The van der Waals surface area contributed by atoms with Crippen LogP contribution < -0.4 is 0 Å². The lowest BCUT2D eigenvalue weighted by atomic mass is 9.85. The third-order valence-corrected chi connectivity index (χ3v) is 3.80. The Kier molecular flexibility index (Phi) is 3.45. The van der Waals surface area contributed by atoms with Crippen molar-refractivity contribution >= 4 is 17.6 Å². The second kappa shape index (κ2) is 5.27. The van der Waals surface area contributed by atoms with Gasteiger partial charge in [-0.2, -0.15) is 9.50 Å². The van der Waals surface area contributed by atoms with Crippen molar-refractivity contribution in [3.05, 3.63) is 29.5 Å². The number of nitrogens with zero attached hydrogens (tertiary/aromatic N) is 5. The summed E-state index contributed by atoms with van der Waals surface area (Å²) in [5.74, 6) is 1.82. The predicted octanol–water partition coefficient (Wildman–Crippen LogP) is 2.13.